The molecule has 0 radical (unpaired) electrons. The molecule has 3 N–H and O–H groups in total. The van der Waals surface area contributed by atoms with Gasteiger partial charge in [-0.05, 0) is 31.5 Å². The van der Waals surface area contributed by atoms with E-state index in [1.807, 2.05) is 0 Å². The number of hydrogen-bond donors (Lipinski definition) is 2. The quantitative estimate of drug-likeness (QED) is 0.802. The molecule has 0 spiro atoms. The highest BCUT2D eigenvalue weighted by Crippen LogP contribution is 2.26. The highest BCUT2D eigenvalue weighted by molar-refractivity contribution is 6.31. The molecule has 0 amide bonds. The molecule has 0 fully saturated rings. The Morgan fingerprint density at radius 3 is 2.78 bits per heavy atom. The Hall–Kier alpha value is -0.680. The molecule has 1 atom stereocenters. The Bertz CT molecular complexity index is 369. The number of methoxy groups -OCH3 is 1. The van der Waals surface area contributed by atoms with Crippen LogP contribution in [0.3, 0.4) is 0 Å². The summed E-state index contributed by atoms with van der Waals surface area (Å²) in [5.41, 5.74) is 4.61. The lowest BCUT2D eigenvalue weighted by Crippen LogP contribution is -2.37. The van der Waals surface area contributed by atoms with Gasteiger partial charge in [0.05, 0.1) is 12.2 Å². The largest absolute Gasteiger partial charge is 0.387 e. The fourth-order valence-corrected chi connectivity index (χ4v) is 2.17. The van der Waals surface area contributed by atoms with Gasteiger partial charge in [-0.2, -0.15) is 0 Å². The van der Waals surface area contributed by atoms with Crippen LogP contribution >= 0.6 is 11.6 Å². The zero-order valence-electron chi connectivity index (χ0n) is 10.5. The topological polar surface area (TPSA) is 55.5 Å². The Morgan fingerprint density at radius 1 is 1.50 bits per heavy atom. The summed E-state index contributed by atoms with van der Waals surface area (Å²) in [6, 6.07) is 4.48. The van der Waals surface area contributed by atoms with Crippen LogP contribution < -0.4 is 5.73 Å². The van der Waals surface area contributed by atoms with Gasteiger partial charge in [0, 0.05) is 24.1 Å². The summed E-state index contributed by atoms with van der Waals surface area (Å²) in [6.07, 6.45) is 1.21. The average Bonchev–Trinajstić information content (AvgIpc) is 2.32. The molecule has 1 unspecified atom stereocenters. The zero-order valence-corrected chi connectivity index (χ0v) is 11.2. The molecule has 0 saturated heterocycles. The third kappa shape index (κ3) is 4.21. The van der Waals surface area contributed by atoms with Gasteiger partial charge in [0.25, 0.3) is 0 Å². The van der Waals surface area contributed by atoms with Gasteiger partial charge in [0.1, 0.15) is 5.82 Å². The van der Waals surface area contributed by atoms with Crippen LogP contribution in [0.2, 0.25) is 5.02 Å². The maximum atomic E-state index is 13.7. The second-order valence-electron chi connectivity index (χ2n) is 4.43. The average molecular weight is 276 g/mol. The highest BCUT2D eigenvalue weighted by atomic mass is 35.5. The van der Waals surface area contributed by atoms with E-state index < -0.39 is 11.4 Å². The maximum Gasteiger partial charge on any atom is 0.127 e. The van der Waals surface area contributed by atoms with Gasteiger partial charge in [-0.3, -0.25) is 0 Å². The summed E-state index contributed by atoms with van der Waals surface area (Å²) in [6.45, 7) is 0.592. The third-order valence-electron chi connectivity index (χ3n) is 2.83. The Labute approximate surface area is 112 Å². The predicted octanol–water partition coefficient (Wildman–Crippen LogP) is 2.14. The number of hydrogen-bond acceptors (Lipinski definition) is 3. The minimum Gasteiger partial charge on any atom is -0.387 e. The molecule has 0 aromatic heterocycles. The fraction of sp³-hybridized carbons (Fsp3) is 0.538. The van der Waals surface area contributed by atoms with E-state index in [4.69, 9.17) is 22.1 Å². The van der Waals surface area contributed by atoms with Crippen molar-refractivity contribution < 1.29 is 14.2 Å². The monoisotopic (exact) mass is 275 g/mol. The normalized spacial score (nSPS) is 14.5. The third-order valence-corrected chi connectivity index (χ3v) is 3.18. The van der Waals surface area contributed by atoms with E-state index in [2.05, 4.69) is 0 Å². The van der Waals surface area contributed by atoms with Crippen LogP contribution in [0.25, 0.3) is 0 Å². The molecule has 5 heteroatoms. The zero-order chi connectivity index (χ0) is 13.6. The Kier molecular flexibility index (Phi) is 6.02. The first-order valence-corrected chi connectivity index (χ1v) is 6.24. The minimum absolute atomic E-state index is 0.117. The standard InChI is InChI=1S/C13H19ClFNO2/c1-18-9-13(17,6-3-7-16)8-10-11(14)4-2-5-12(10)15/h2,4-5,17H,3,6-9,16H2,1H3. The number of aliphatic hydroxyl groups is 1. The van der Waals surface area contributed by atoms with Crippen molar-refractivity contribution in [1.82, 2.24) is 0 Å². The SMILES string of the molecule is COCC(O)(CCCN)Cc1c(F)cccc1Cl. The van der Waals surface area contributed by atoms with Gasteiger partial charge in [-0.1, -0.05) is 17.7 Å². The van der Waals surface area contributed by atoms with E-state index in [-0.39, 0.29) is 13.0 Å². The van der Waals surface area contributed by atoms with E-state index in [1.54, 1.807) is 6.07 Å². The first kappa shape index (κ1) is 15.4. The lowest BCUT2D eigenvalue weighted by atomic mass is 9.90. The number of halogens is 2. The second-order valence-corrected chi connectivity index (χ2v) is 4.83. The van der Waals surface area contributed by atoms with Gasteiger partial charge >= 0.3 is 0 Å². The van der Waals surface area contributed by atoms with Gasteiger partial charge in [0.15, 0.2) is 0 Å². The summed E-state index contributed by atoms with van der Waals surface area (Å²) >= 11 is 5.95. The van der Waals surface area contributed by atoms with Crippen molar-refractivity contribution >= 4 is 11.6 Å². The van der Waals surface area contributed by atoms with Gasteiger partial charge in [0.2, 0.25) is 0 Å². The van der Waals surface area contributed by atoms with E-state index >= 15 is 0 Å². The number of nitrogens with two attached hydrogens (primary N) is 1. The van der Waals surface area contributed by atoms with E-state index in [9.17, 15) is 9.50 Å². The van der Waals surface area contributed by atoms with Crippen molar-refractivity contribution in [3.05, 3.63) is 34.6 Å². The summed E-state index contributed by atoms with van der Waals surface area (Å²) in [5.74, 6) is -0.412. The Balaban J connectivity index is 2.88. The van der Waals surface area contributed by atoms with Crippen molar-refractivity contribution in [3.8, 4) is 0 Å². The molecule has 1 aromatic carbocycles. The van der Waals surface area contributed by atoms with Crippen LogP contribution in [-0.2, 0) is 11.2 Å². The van der Waals surface area contributed by atoms with Crippen LogP contribution in [0.5, 0.6) is 0 Å². The van der Waals surface area contributed by atoms with E-state index in [1.165, 1.54) is 19.2 Å². The first-order chi connectivity index (χ1) is 8.52. The van der Waals surface area contributed by atoms with Crippen LogP contribution in [-0.4, -0.2) is 31.0 Å². The Morgan fingerprint density at radius 2 is 2.22 bits per heavy atom. The summed E-state index contributed by atoms with van der Waals surface area (Å²) in [4.78, 5) is 0. The number of rotatable bonds is 7. The predicted molar refractivity (Wildman–Crippen MR) is 70.2 cm³/mol. The molecule has 0 heterocycles. The van der Waals surface area contributed by atoms with Crippen LogP contribution in [0, 0.1) is 5.82 Å². The molecule has 0 aliphatic carbocycles. The van der Waals surface area contributed by atoms with E-state index in [0.29, 0.717) is 30.0 Å². The lowest BCUT2D eigenvalue weighted by Gasteiger charge is -2.28. The molecule has 0 aliphatic rings. The lowest BCUT2D eigenvalue weighted by molar-refractivity contribution is -0.0380. The van der Waals surface area contributed by atoms with Crippen LogP contribution in [0.4, 0.5) is 4.39 Å². The summed E-state index contributed by atoms with van der Waals surface area (Å²) in [7, 11) is 1.50. The molecule has 3 nitrogen and oxygen atoms in total. The van der Waals surface area contributed by atoms with Crippen LogP contribution in [0.15, 0.2) is 18.2 Å². The van der Waals surface area contributed by atoms with Gasteiger partial charge in [-0.15, -0.1) is 0 Å². The maximum absolute atomic E-state index is 13.7. The van der Waals surface area contributed by atoms with Crippen molar-refractivity contribution in [2.24, 2.45) is 5.73 Å². The van der Waals surface area contributed by atoms with Crippen molar-refractivity contribution in [2.45, 2.75) is 24.9 Å². The van der Waals surface area contributed by atoms with Crippen molar-refractivity contribution in [3.63, 3.8) is 0 Å². The number of benzene rings is 1. The smallest absolute Gasteiger partial charge is 0.127 e. The molecule has 102 valence electrons. The second kappa shape index (κ2) is 7.04. The van der Waals surface area contributed by atoms with Gasteiger partial charge < -0.3 is 15.6 Å². The van der Waals surface area contributed by atoms with Crippen molar-refractivity contribution in [1.29, 1.82) is 0 Å². The number of ether oxygens (including phenoxy) is 1. The summed E-state index contributed by atoms with van der Waals surface area (Å²) < 4.78 is 18.7. The van der Waals surface area contributed by atoms with Crippen molar-refractivity contribution in [2.75, 3.05) is 20.3 Å². The molecule has 0 saturated carbocycles. The fourth-order valence-electron chi connectivity index (χ4n) is 1.94. The molecule has 18 heavy (non-hydrogen) atoms. The molecule has 0 bridgehead atoms. The van der Waals surface area contributed by atoms with Crippen LogP contribution in [0.1, 0.15) is 18.4 Å². The highest BCUT2D eigenvalue weighted by Gasteiger charge is 2.29. The molecule has 1 aromatic rings. The first-order valence-electron chi connectivity index (χ1n) is 5.86. The van der Waals surface area contributed by atoms with Gasteiger partial charge in [-0.25, -0.2) is 4.39 Å². The minimum atomic E-state index is -1.14. The molecular formula is C13H19ClFNO2. The van der Waals surface area contributed by atoms with E-state index in [0.717, 1.165) is 0 Å². The summed E-state index contributed by atoms with van der Waals surface area (Å²) in [5, 5.41) is 10.8. The molecular weight excluding hydrogens is 257 g/mol. The molecule has 1 rings (SSSR count). The molecule has 0 aliphatic heterocycles.